The van der Waals surface area contributed by atoms with E-state index in [0.717, 1.165) is 0 Å². The summed E-state index contributed by atoms with van der Waals surface area (Å²) in [5, 5.41) is 11.7. The van der Waals surface area contributed by atoms with Gasteiger partial charge in [0.1, 0.15) is 11.5 Å². The molecule has 1 fully saturated rings. The van der Waals surface area contributed by atoms with Crippen LogP contribution < -0.4 is 14.2 Å². The van der Waals surface area contributed by atoms with Crippen molar-refractivity contribution in [3.05, 3.63) is 75.9 Å². The summed E-state index contributed by atoms with van der Waals surface area (Å²) in [6, 6.07) is 5.73. The number of carbonyl (C=O) groups excluding carboxylic acids is 3. The third kappa shape index (κ3) is 4.86. The molecule has 2 aromatic heterocycles. The number of hydrogen-bond donors (Lipinski definition) is 2. The highest BCUT2D eigenvalue weighted by molar-refractivity contribution is 6.46. The molecule has 40 heavy (non-hydrogen) atoms. The van der Waals surface area contributed by atoms with Gasteiger partial charge in [-0.15, -0.1) is 0 Å². The number of aromatic amines is 1. The molecule has 0 radical (unpaired) electrons. The molecule has 1 saturated heterocycles. The minimum absolute atomic E-state index is 0.0374. The van der Waals surface area contributed by atoms with Crippen molar-refractivity contribution in [2.75, 3.05) is 27.9 Å². The number of hydrogen-bond acceptors (Lipinski definition) is 9. The van der Waals surface area contributed by atoms with Gasteiger partial charge in [0.2, 0.25) is 5.75 Å². The first kappa shape index (κ1) is 28.2. The molecule has 0 bridgehead atoms. The molecule has 0 saturated carbocycles. The van der Waals surface area contributed by atoms with E-state index in [1.807, 2.05) is 0 Å². The minimum atomic E-state index is -1.03. The lowest BCUT2D eigenvalue weighted by Gasteiger charge is -2.26. The normalized spacial score (nSPS) is 16.2. The second-order valence-electron chi connectivity index (χ2n) is 9.09. The number of aryl methyl sites for hydroxylation is 1. The Labute approximate surface area is 231 Å². The Hall–Kier alpha value is -4.80. The van der Waals surface area contributed by atoms with E-state index >= 15 is 0 Å². The Morgan fingerprint density at radius 2 is 1.77 bits per heavy atom. The van der Waals surface area contributed by atoms with E-state index in [9.17, 15) is 19.5 Å². The molecule has 1 aliphatic heterocycles. The topological polar surface area (TPSA) is 140 Å². The molecule has 4 rings (SSSR count). The summed E-state index contributed by atoms with van der Waals surface area (Å²) in [5.74, 6) is -1.76. The summed E-state index contributed by atoms with van der Waals surface area (Å²) >= 11 is 0. The number of aliphatic hydroxyl groups is 1. The lowest BCUT2D eigenvalue weighted by Crippen LogP contribution is -2.29. The molecule has 210 valence electrons. The van der Waals surface area contributed by atoms with E-state index in [2.05, 4.69) is 9.97 Å². The molecule has 11 heteroatoms. The summed E-state index contributed by atoms with van der Waals surface area (Å²) < 4.78 is 21.6. The van der Waals surface area contributed by atoms with Crippen LogP contribution in [0.1, 0.15) is 51.4 Å². The van der Waals surface area contributed by atoms with Gasteiger partial charge in [-0.1, -0.05) is 6.07 Å². The molecule has 11 nitrogen and oxygen atoms in total. The van der Waals surface area contributed by atoms with Gasteiger partial charge in [0.25, 0.3) is 11.7 Å². The highest BCUT2D eigenvalue weighted by Gasteiger charge is 2.47. The van der Waals surface area contributed by atoms with Crippen molar-refractivity contribution in [3.63, 3.8) is 0 Å². The predicted molar refractivity (Wildman–Crippen MR) is 144 cm³/mol. The molecule has 0 aliphatic carbocycles. The number of aliphatic hydroxyl groups excluding tert-OH is 1. The van der Waals surface area contributed by atoms with Crippen LogP contribution in [0.2, 0.25) is 0 Å². The average Bonchev–Trinajstić information content (AvgIpc) is 3.39. The predicted octanol–water partition coefficient (Wildman–Crippen LogP) is 3.85. The van der Waals surface area contributed by atoms with Crippen molar-refractivity contribution in [2.45, 2.75) is 33.4 Å². The average molecular weight is 550 g/mol. The summed E-state index contributed by atoms with van der Waals surface area (Å²) in [5.41, 5.74) is 2.17. The van der Waals surface area contributed by atoms with Crippen molar-refractivity contribution < 1.29 is 38.4 Å². The van der Waals surface area contributed by atoms with Gasteiger partial charge < -0.3 is 33.9 Å². The molecule has 3 aromatic rings. The lowest BCUT2D eigenvalue weighted by molar-refractivity contribution is -0.140. The fraction of sp³-hybridized carbons (Fsp3) is 0.310. The van der Waals surface area contributed by atoms with Crippen molar-refractivity contribution in [3.8, 4) is 17.2 Å². The quantitative estimate of drug-likeness (QED) is 0.176. The van der Waals surface area contributed by atoms with E-state index < -0.39 is 29.5 Å². The SMILES string of the molecule is CCOC(=O)c1[nH]c(C)c(/C(O)=C2\C(=O)C(=O)N(Cc3cccnc3)[C@H]2c2cc(OC)c(OC)c(OC)c2)c1C. The van der Waals surface area contributed by atoms with Gasteiger partial charge in [-0.3, -0.25) is 14.6 Å². The molecule has 1 aromatic carbocycles. The first-order valence-electron chi connectivity index (χ1n) is 12.5. The number of ketones is 1. The van der Waals surface area contributed by atoms with Gasteiger partial charge in [0.15, 0.2) is 11.5 Å². The van der Waals surface area contributed by atoms with Crippen molar-refractivity contribution in [1.29, 1.82) is 0 Å². The zero-order chi connectivity index (χ0) is 29.1. The Kier molecular flexibility index (Phi) is 8.13. The first-order valence-corrected chi connectivity index (χ1v) is 12.5. The van der Waals surface area contributed by atoms with Gasteiger partial charge in [-0.2, -0.15) is 0 Å². The molecule has 0 spiro atoms. The summed E-state index contributed by atoms with van der Waals surface area (Å²) in [6.45, 7) is 5.18. The molecule has 3 heterocycles. The van der Waals surface area contributed by atoms with Crippen LogP contribution in [0.3, 0.4) is 0 Å². The van der Waals surface area contributed by atoms with Gasteiger partial charge in [-0.05, 0) is 55.7 Å². The van der Waals surface area contributed by atoms with Crippen LogP contribution in [0.5, 0.6) is 17.2 Å². The number of nitrogens with zero attached hydrogens (tertiary/aromatic N) is 2. The number of H-pyrrole nitrogens is 1. The largest absolute Gasteiger partial charge is 0.507 e. The van der Waals surface area contributed by atoms with E-state index in [1.165, 1.54) is 26.2 Å². The number of nitrogens with one attached hydrogen (secondary N) is 1. The van der Waals surface area contributed by atoms with Crippen LogP contribution in [0.15, 0.2) is 42.2 Å². The number of carbonyl (C=O) groups is 3. The van der Waals surface area contributed by atoms with Gasteiger partial charge >= 0.3 is 5.97 Å². The van der Waals surface area contributed by atoms with E-state index in [-0.39, 0.29) is 30.0 Å². The monoisotopic (exact) mass is 549 g/mol. The number of likely N-dealkylation sites (tertiary alicyclic amines) is 1. The second kappa shape index (κ2) is 11.5. The third-order valence-electron chi connectivity index (χ3n) is 6.77. The molecular weight excluding hydrogens is 518 g/mol. The Bertz CT molecular complexity index is 1470. The van der Waals surface area contributed by atoms with Crippen LogP contribution in [0, 0.1) is 13.8 Å². The third-order valence-corrected chi connectivity index (χ3v) is 6.77. The number of rotatable bonds is 9. The number of esters is 1. The fourth-order valence-corrected chi connectivity index (χ4v) is 4.98. The van der Waals surface area contributed by atoms with Crippen molar-refractivity contribution in [1.82, 2.24) is 14.9 Å². The van der Waals surface area contributed by atoms with Crippen LogP contribution >= 0.6 is 0 Å². The molecule has 2 N–H and O–H groups in total. The maximum atomic E-state index is 13.6. The zero-order valence-electron chi connectivity index (χ0n) is 23.2. The number of ether oxygens (including phenoxy) is 4. The van der Waals surface area contributed by atoms with Gasteiger partial charge in [0, 0.05) is 30.2 Å². The minimum Gasteiger partial charge on any atom is -0.507 e. The van der Waals surface area contributed by atoms with Crippen molar-refractivity contribution >= 4 is 23.4 Å². The highest BCUT2D eigenvalue weighted by atomic mass is 16.5. The fourth-order valence-electron chi connectivity index (χ4n) is 4.98. The first-order chi connectivity index (χ1) is 19.2. The lowest BCUT2D eigenvalue weighted by atomic mass is 9.93. The smallest absolute Gasteiger partial charge is 0.355 e. The van der Waals surface area contributed by atoms with Crippen LogP contribution in [0.25, 0.3) is 5.76 Å². The molecule has 0 unspecified atom stereocenters. The molecular formula is C29H31N3O8. The van der Waals surface area contributed by atoms with E-state index in [1.54, 1.807) is 57.4 Å². The van der Waals surface area contributed by atoms with Crippen LogP contribution in [-0.2, 0) is 20.9 Å². The van der Waals surface area contributed by atoms with Crippen molar-refractivity contribution in [2.24, 2.45) is 0 Å². The highest BCUT2D eigenvalue weighted by Crippen LogP contribution is 2.46. The van der Waals surface area contributed by atoms with Gasteiger partial charge in [-0.25, -0.2) is 4.79 Å². The molecule has 1 atom stereocenters. The Morgan fingerprint density at radius 1 is 1.10 bits per heavy atom. The number of methoxy groups -OCH3 is 3. The van der Waals surface area contributed by atoms with Gasteiger partial charge in [0.05, 0.1) is 39.6 Å². The van der Waals surface area contributed by atoms with Crippen LogP contribution in [0.4, 0.5) is 0 Å². The zero-order valence-corrected chi connectivity index (χ0v) is 23.2. The Balaban J connectivity index is 1.98. The number of pyridine rings is 1. The Morgan fingerprint density at radius 3 is 2.33 bits per heavy atom. The van der Waals surface area contributed by atoms with Crippen LogP contribution in [-0.4, -0.2) is 65.6 Å². The summed E-state index contributed by atoms with van der Waals surface area (Å²) in [7, 11) is 4.38. The number of benzene rings is 1. The second-order valence-corrected chi connectivity index (χ2v) is 9.09. The number of Topliss-reactive ketones (excluding diaryl/α,β-unsaturated/α-hetero) is 1. The summed E-state index contributed by atoms with van der Waals surface area (Å²) in [4.78, 5) is 48.0. The molecule has 1 amide bonds. The number of amides is 1. The molecule has 1 aliphatic rings. The number of aromatic nitrogens is 2. The maximum Gasteiger partial charge on any atom is 0.355 e. The standard InChI is InChI=1S/C29H31N3O8/c1-7-40-29(36)23-15(2)21(16(3)31-23)25(33)22-24(18-11-19(37-4)27(39-6)20(12-18)38-5)32(28(35)26(22)34)14-17-9-8-10-30-13-17/h8-13,24,31,33H,7,14H2,1-6H3/b25-22+/t24-/m0/s1. The maximum absolute atomic E-state index is 13.6. The summed E-state index contributed by atoms with van der Waals surface area (Å²) in [6.07, 6.45) is 3.20. The van der Waals surface area contributed by atoms with E-state index in [0.29, 0.717) is 39.6 Å². The van der Waals surface area contributed by atoms with E-state index in [4.69, 9.17) is 18.9 Å².